The predicted molar refractivity (Wildman–Crippen MR) is 372 cm³/mol. The molecule has 0 heterocycles. The third-order valence-corrected chi connectivity index (χ3v) is 19.2. The first-order valence-corrected chi connectivity index (χ1v) is 41.0. The highest BCUT2D eigenvalue weighted by Gasteiger charge is 2.30. The van der Waals surface area contributed by atoms with Gasteiger partial charge in [0.15, 0.2) is 12.2 Å². The van der Waals surface area contributed by atoms with Crippen molar-refractivity contribution in [1.29, 1.82) is 0 Å². The molecule has 92 heavy (non-hydrogen) atoms. The van der Waals surface area contributed by atoms with E-state index < -0.39 is 97.5 Å². The van der Waals surface area contributed by atoms with Crippen molar-refractivity contribution < 1.29 is 80.2 Å². The summed E-state index contributed by atoms with van der Waals surface area (Å²) in [4.78, 5) is 72.6. The number of phosphoric ester groups is 2. The molecule has 0 saturated heterocycles. The first-order valence-electron chi connectivity index (χ1n) is 38.0. The molecule has 0 radical (unpaired) electrons. The highest BCUT2D eigenvalue weighted by atomic mass is 31.2. The average Bonchev–Trinajstić information content (AvgIpc) is 3.72. The van der Waals surface area contributed by atoms with E-state index in [4.69, 9.17) is 37.0 Å². The van der Waals surface area contributed by atoms with Crippen molar-refractivity contribution in [3.8, 4) is 0 Å². The standard InChI is InChI=1S/C73H142O17P2/c1-7-10-12-14-16-18-19-20-21-25-28-32-38-44-50-56-71(76)84-61-68(89-72(77)57-51-45-39-33-29-26-23-22-24-27-31-36-42-48-54-66(6)9-3)63-87-91(79,80)85-59-67(74)60-86-92(81,82)88-64-69(62-83-70(75)55-49-43-37-30-17-15-13-11-8-2)90-73(78)58-52-46-40-34-35-41-47-53-65(4)5/h65-69,74H,7-64H2,1-6H3,(H,79,80)(H,81,82)/t66?,67-,68-,69-/m1/s1. The van der Waals surface area contributed by atoms with E-state index in [9.17, 15) is 43.2 Å². The van der Waals surface area contributed by atoms with Crippen LogP contribution in [0.4, 0.5) is 0 Å². The number of aliphatic hydroxyl groups excluding tert-OH is 1. The van der Waals surface area contributed by atoms with Gasteiger partial charge in [-0.15, -0.1) is 0 Å². The van der Waals surface area contributed by atoms with Crippen molar-refractivity contribution in [2.75, 3.05) is 39.6 Å². The molecule has 3 unspecified atom stereocenters. The van der Waals surface area contributed by atoms with Gasteiger partial charge in [-0.3, -0.25) is 37.3 Å². The van der Waals surface area contributed by atoms with E-state index in [0.717, 1.165) is 95.8 Å². The second-order valence-corrected chi connectivity index (χ2v) is 30.0. The SMILES string of the molecule is CCCCCCCCCCCCCCCCCC(=O)OC[C@H](COP(=O)(O)OC[C@@H](O)COP(=O)(O)OC[C@@H](COC(=O)CCCCCCCCCCC)OC(=O)CCCCCCCCCC(C)C)OC(=O)CCCCCCCCCCCCCCCCC(C)CC. The topological polar surface area (TPSA) is 237 Å². The Labute approximate surface area is 562 Å². The van der Waals surface area contributed by atoms with Crippen molar-refractivity contribution in [3.63, 3.8) is 0 Å². The number of aliphatic hydroxyl groups is 1. The molecule has 6 atom stereocenters. The summed E-state index contributed by atoms with van der Waals surface area (Å²) >= 11 is 0. The zero-order chi connectivity index (χ0) is 67.9. The number of ether oxygens (including phenoxy) is 4. The van der Waals surface area contributed by atoms with E-state index >= 15 is 0 Å². The lowest BCUT2D eigenvalue weighted by atomic mass is 9.99. The van der Waals surface area contributed by atoms with Gasteiger partial charge in [0.05, 0.1) is 26.4 Å². The summed E-state index contributed by atoms with van der Waals surface area (Å²) in [6.07, 6.45) is 51.4. The van der Waals surface area contributed by atoms with Gasteiger partial charge < -0.3 is 33.8 Å². The Morgan fingerprint density at radius 2 is 0.554 bits per heavy atom. The van der Waals surface area contributed by atoms with Gasteiger partial charge in [-0.05, 0) is 37.5 Å². The summed E-state index contributed by atoms with van der Waals surface area (Å²) in [6.45, 7) is 9.55. The van der Waals surface area contributed by atoms with Crippen molar-refractivity contribution >= 4 is 39.5 Å². The van der Waals surface area contributed by atoms with E-state index in [1.807, 2.05) is 0 Å². The number of hydrogen-bond donors (Lipinski definition) is 3. The van der Waals surface area contributed by atoms with Crippen molar-refractivity contribution in [2.45, 2.75) is 394 Å². The largest absolute Gasteiger partial charge is 0.472 e. The van der Waals surface area contributed by atoms with Gasteiger partial charge in [0, 0.05) is 25.7 Å². The molecule has 0 aliphatic heterocycles. The van der Waals surface area contributed by atoms with Gasteiger partial charge in [-0.1, -0.05) is 324 Å². The van der Waals surface area contributed by atoms with E-state index in [1.165, 1.54) is 193 Å². The number of rotatable bonds is 72. The molecule has 0 aromatic carbocycles. The maximum absolute atomic E-state index is 13.1. The molecular weight excluding hydrogens is 1210 g/mol. The Hall–Kier alpha value is -1.94. The Morgan fingerprint density at radius 1 is 0.315 bits per heavy atom. The van der Waals surface area contributed by atoms with Gasteiger partial charge in [-0.25, -0.2) is 9.13 Å². The van der Waals surface area contributed by atoms with Crippen LogP contribution in [0, 0.1) is 11.8 Å². The lowest BCUT2D eigenvalue weighted by Gasteiger charge is -2.21. The number of unbranched alkanes of at least 4 members (excludes halogenated alkanes) is 41. The zero-order valence-corrected chi connectivity index (χ0v) is 61.6. The fourth-order valence-corrected chi connectivity index (χ4v) is 12.7. The molecule has 0 aliphatic carbocycles. The normalized spacial score (nSPS) is 14.4. The molecule has 0 amide bonds. The van der Waals surface area contributed by atoms with E-state index in [1.54, 1.807) is 0 Å². The molecule has 0 saturated carbocycles. The molecule has 19 heteroatoms. The van der Waals surface area contributed by atoms with Crippen molar-refractivity contribution in [2.24, 2.45) is 11.8 Å². The molecule has 0 aromatic heterocycles. The average molecular weight is 1350 g/mol. The lowest BCUT2D eigenvalue weighted by molar-refractivity contribution is -0.161. The van der Waals surface area contributed by atoms with Crippen LogP contribution >= 0.6 is 15.6 Å². The summed E-state index contributed by atoms with van der Waals surface area (Å²) in [5.74, 6) is -0.580. The van der Waals surface area contributed by atoms with Crippen LogP contribution in [0.15, 0.2) is 0 Å². The highest BCUT2D eigenvalue weighted by molar-refractivity contribution is 7.47. The fourth-order valence-electron chi connectivity index (χ4n) is 11.1. The summed E-state index contributed by atoms with van der Waals surface area (Å²) in [7, 11) is -9.90. The minimum Gasteiger partial charge on any atom is -0.462 e. The third-order valence-electron chi connectivity index (χ3n) is 17.3. The monoisotopic (exact) mass is 1350 g/mol. The van der Waals surface area contributed by atoms with Crippen LogP contribution in [0.3, 0.4) is 0 Å². The number of carbonyl (C=O) groups is 4. The van der Waals surface area contributed by atoms with Crippen LogP contribution in [0.5, 0.6) is 0 Å². The van der Waals surface area contributed by atoms with E-state index in [0.29, 0.717) is 31.6 Å². The van der Waals surface area contributed by atoms with E-state index in [2.05, 4.69) is 41.5 Å². The van der Waals surface area contributed by atoms with Gasteiger partial charge >= 0.3 is 39.5 Å². The van der Waals surface area contributed by atoms with Crippen LogP contribution in [0.25, 0.3) is 0 Å². The molecule has 0 fully saturated rings. The second-order valence-electron chi connectivity index (χ2n) is 27.1. The molecule has 0 rings (SSSR count). The molecule has 0 aromatic rings. The fraction of sp³-hybridized carbons (Fsp3) is 0.945. The minimum absolute atomic E-state index is 0.104. The van der Waals surface area contributed by atoms with Gasteiger partial charge in [0.1, 0.15) is 19.3 Å². The maximum Gasteiger partial charge on any atom is 0.472 e. The molecule has 0 aliphatic rings. The Kier molecular flexibility index (Phi) is 63.7. The number of hydrogen-bond acceptors (Lipinski definition) is 15. The molecule has 546 valence electrons. The summed E-state index contributed by atoms with van der Waals surface area (Å²) < 4.78 is 68.3. The van der Waals surface area contributed by atoms with Crippen LogP contribution in [0.1, 0.15) is 375 Å². The van der Waals surface area contributed by atoms with Crippen molar-refractivity contribution in [1.82, 2.24) is 0 Å². The maximum atomic E-state index is 13.1. The smallest absolute Gasteiger partial charge is 0.462 e. The van der Waals surface area contributed by atoms with Gasteiger partial charge in [-0.2, -0.15) is 0 Å². The van der Waals surface area contributed by atoms with Gasteiger partial charge in [0.25, 0.3) is 0 Å². The Bertz CT molecular complexity index is 1790. The Balaban J connectivity index is 5.22. The first-order chi connectivity index (χ1) is 44.4. The van der Waals surface area contributed by atoms with E-state index in [-0.39, 0.29) is 25.7 Å². The highest BCUT2D eigenvalue weighted by Crippen LogP contribution is 2.45. The molecule has 0 spiro atoms. The lowest BCUT2D eigenvalue weighted by Crippen LogP contribution is -2.30. The quantitative estimate of drug-likeness (QED) is 0.0222. The van der Waals surface area contributed by atoms with Crippen LogP contribution in [-0.4, -0.2) is 96.7 Å². The zero-order valence-electron chi connectivity index (χ0n) is 59.9. The summed E-state index contributed by atoms with van der Waals surface area (Å²) in [5, 5.41) is 10.6. The molecule has 3 N–H and O–H groups in total. The number of esters is 4. The molecule has 17 nitrogen and oxygen atoms in total. The summed E-state index contributed by atoms with van der Waals surface area (Å²) in [5.41, 5.74) is 0. The second kappa shape index (κ2) is 65.0. The number of phosphoric acid groups is 2. The Morgan fingerprint density at radius 3 is 0.826 bits per heavy atom. The first kappa shape index (κ1) is 90.1. The summed E-state index contributed by atoms with van der Waals surface area (Å²) in [6, 6.07) is 0. The van der Waals surface area contributed by atoms with Gasteiger partial charge in [0.2, 0.25) is 0 Å². The van der Waals surface area contributed by atoms with Crippen LogP contribution in [-0.2, 0) is 65.4 Å². The molecule has 0 bridgehead atoms. The minimum atomic E-state index is -4.95. The van der Waals surface area contributed by atoms with Crippen molar-refractivity contribution in [3.05, 3.63) is 0 Å². The third kappa shape index (κ3) is 65.4. The number of carbonyl (C=O) groups excluding carboxylic acids is 4. The van der Waals surface area contributed by atoms with Crippen LogP contribution < -0.4 is 0 Å². The molecular formula is C73H142O17P2. The predicted octanol–water partition coefficient (Wildman–Crippen LogP) is 21.2. The van der Waals surface area contributed by atoms with Crippen LogP contribution in [0.2, 0.25) is 0 Å².